The molecule has 0 amide bonds. The Bertz CT molecular complexity index is 1030. The molecule has 0 saturated heterocycles. The number of nitrogens with zero attached hydrogens (tertiary/aromatic N) is 2. The third-order valence-corrected chi connectivity index (χ3v) is 5.32. The van der Waals surface area contributed by atoms with E-state index < -0.39 is 5.54 Å². The minimum absolute atomic E-state index is 0.0553. The van der Waals surface area contributed by atoms with Crippen LogP contribution in [-0.2, 0) is 16.8 Å². The molecule has 0 fully saturated rings. The summed E-state index contributed by atoms with van der Waals surface area (Å²) >= 11 is 0. The van der Waals surface area contributed by atoms with Crippen LogP contribution in [0.25, 0.3) is 0 Å². The third-order valence-electron chi connectivity index (χ3n) is 5.32. The van der Waals surface area contributed by atoms with Crippen molar-refractivity contribution in [3.8, 4) is 0 Å². The molecule has 3 aromatic carbocycles. The number of carbonyl (C=O) groups is 1. The first kappa shape index (κ1) is 16.6. The number of aliphatic imine (C=N–C) groups is 2. The first-order chi connectivity index (χ1) is 13.8. The summed E-state index contributed by atoms with van der Waals surface area (Å²) in [6.07, 6.45) is 0.957. The van der Waals surface area contributed by atoms with Crippen LogP contribution in [0.15, 0.2) is 94.9 Å². The van der Waals surface area contributed by atoms with E-state index in [1.54, 1.807) is 0 Å². The van der Waals surface area contributed by atoms with Crippen LogP contribution in [0, 0.1) is 0 Å². The molecule has 0 spiro atoms. The fourth-order valence-corrected chi connectivity index (χ4v) is 4.01. The summed E-state index contributed by atoms with van der Waals surface area (Å²) in [5.74, 6) is 1.47. The Balaban J connectivity index is 1.59. The zero-order valence-electron chi connectivity index (χ0n) is 15.3. The van der Waals surface area contributed by atoms with Crippen molar-refractivity contribution in [3.05, 3.63) is 102 Å². The minimum Gasteiger partial charge on any atom is -0.343 e. The lowest BCUT2D eigenvalue weighted by Gasteiger charge is -2.25. The first-order valence-corrected chi connectivity index (χ1v) is 9.41. The fraction of sp³-hybridized carbons (Fsp3) is 0.125. The first-order valence-electron chi connectivity index (χ1n) is 9.41. The van der Waals surface area contributed by atoms with Gasteiger partial charge in [0.1, 0.15) is 11.7 Å². The van der Waals surface area contributed by atoms with Crippen LogP contribution < -0.4 is 5.32 Å². The van der Waals surface area contributed by atoms with Gasteiger partial charge in [-0.05, 0) is 22.8 Å². The van der Waals surface area contributed by atoms with E-state index in [0.29, 0.717) is 5.84 Å². The van der Waals surface area contributed by atoms with E-state index in [1.807, 2.05) is 78.9 Å². The van der Waals surface area contributed by atoms with Crippen LogP contribution in [0.4, 0.5) is 5.69 Å². The maximum atomic E-state index is 13.3. The number of amidine groups is 2. The van der Waals surface area contributed by atoms with Crippen molar-refractivity contribution in [1.29, 1.82) is 0 Å². The van der Waals surface area contributed by atoms with Crippen LogP contribution in [0.5, 0.6) is 0 Å². The number of anilines is 1. The summed E-state index contributed by atoms with van der Waals surface area (Å²) in [5.41, 5.74) is 3.02. The molecule has 0 bridgehead atoms. The Morgan fingerprint density at radius 3 is 2.04 bits per heavy atom. The molecule has 1 N–H and O–H groups in total. The van der Waals surface area contributed by atoms with E-state index in [4.69, 9.17) is 9.98 Å². The summed E-state index contributed by atoms with van der Waals surface area (Å²) in [6, 6.07) is 27.7. The average molecular weight is 365 g/mol. The van der Waals surface area contributed by atoms with Gasteiger partial charge in [0, 0.05) is 12.1 Å². The second-order valence-corrected chi connectivity index (χ2v) is 7.09. The van der Waals surface area contributed by atoms with E-state index >= 15 is 0 Å². The average Bonchev–Trinajstić information content (AvgIpc) is 3.30. The summed E-state index contributed by atoms with van der Waals surface area (Å²) < 4.78 is 0. The summed E-state index contributed by atoms with van der Waals surface area (Å²) in [4.78, 5) is 22.9. The van der Waals surface area contributed by atoms with Crippen LogP contribution in [-0.4, -0.2) is 17.5 Å². The highest BCUT2D eigenvalue weighted by molar-refractivity contribution is 6.17. The molecule has 4 nitrogen and oxygen atoms in total. The van der Waals surface area contributed by atoms with Crippen LogP contribution >= 0.6 is 0 Å². The summed E-state index contributed by atoms with van der Waals surface area (Å²) in [5, 5.41) is 3.34. The van der Waals surface area contributed by atoms with E-state index in [9.17, 15) is 4.79 Å². The van der Waals surface area contributed by atoms with Crippen molar-refractivity contribution >= 4 is 23.1 Å². The number of hydrogen-bond donors (Lipinski definition) is 1. The molecule has 4 heteroatoms. The maximum Gasteiger partial charge on any atom is 0.177 e. The highest BCUT2D eigenvalue weighted by atomic mass is 16.1. The molecular formula is C24H19N3O. The summed E-state index contributed by atoms with van der Waals surface area (Å²) in [6.45, 7) is 0. The molecule has 0 atom stereocenters. The SMILES string of the molecule is O=C1CC(N=C2Cc3ccccc3N2)=NC1(c1ccccc1)c1ccccc1. The van der Waals surface area contributed by atoms with Gasteiger partial charge in [-0.3, -0.25) is 4.79 Å². The van der Waals surface area contributed by atoms with Gasteiger partial charge in [-0.25, -0.2) is 9.98 Å². The van der Waals surface area contributed by atoms with Gasteiger partial charge in [0.05, 0.1) is 6.42 Å². The molecule has 3 aromatic rings. The molecule has 0 radical (unpaired) electrons. The number of hydrogen-bond acceptors (Lipinski definition) is 3. The summed E-state index contributed by atoms with van der Waals surface area (Å²) in [7, 11) is 0. The zero-order chi connectivity index (χ0) is 19.0. The molecule has 2 heterocycles. The van der Waals surface area contributed by atoms with E-state index in [2.05, 4.69) is 11.4 Å². The lowest BCUT2D eigenvalue weighted by Crippen LogP contribution is -2.31. The van der Waals surface area contributed by atoms with Crippen molar-refractivity contribution < 1.29 is 4.79 Å². The van der Waals surface area contributed by atoms with Crippen LogP contribution in [0.2, 0.25) is 0 Å². The largest absolute Gasteiger partial charge is 0.343 e. The van der Waals surface area contributed by atoms with Crippen molar-refractivity contribution in [2.75, 3.05) is 5.32 Å². The lowest BCUT2D eigenvalue weighted by molar-refractivity contribution is -0.121. The van der Waals surface area contributed by atoms with E-state index in [1.165, 1.54) is 5.56 Å². The van der Waals surface area contributed by atoms with Crippen molar-refractivity contribution in [1.82, 2.24) is 0 Å². The Kier molecular flexibility index (Phi) is 3.90. The Morgan fingerprint density at radius 1 is 0.786 bits per heavy atom. The second kappa shape index (κ2) is 6.57. The van der Waals surface area contributed by atoms with Crippen molar-refractivity contribution in [3.63, 3.8) is 0 Å². The van der Waals surface area contributed by atoms with Gasteiger partial charge < -0.3 is 5.32 Å². The maximum absolute atomic E-state index is 13.3. The van der Waals surface area contributed by atoms with Gasteiger partial charge >= 0.3 is 0 Å². The number of para-hydroxylation sites is 1. The van der Waals surface area contributed by atoms with Crippen molar-refractivity contribution in [2.24, 2.45) is 9.98 Å². The number of nitrogens with one attached hydrogen (secondary N) is 1. The highest BCUT2D eigenvalue weighted by Gasteiger charge is 2.46. The monoisotopic (exact) mass is 365 g/mol. The molecule has 28 heavy (non-hydrogen) atoms. The lowest BCUT2D eigenvalue weighted by atomic mass is 9.80. The molecule has 0 unspecified atom stereocenters. The van der Waals surface area contributed by atoms with Gasteiger partial charge in [-0.2, -0.15) is 0 Å². The van der Waals surface area contributed by atoms with Gasteiger partial charge in [0.15, 0.2) is 11.3 Å². The van der Waals surface area contributed by atoms with E-state index in [0.717, 1.165) is 29.1 Å². The Hall–Kier alpha value is -3.53. The van der Waals surface area contributed by atoms with E-state index in [-0.39, 0.29) is 12.2 Å². The third kappa shape index (κ3) is 2.65. The van der Waals surface area contributed by atoms with Gasteiger partial charge in [-0.15, -0.1) is 0 Å². The molecule has 0 saturated carbocycles. The topological polar surface area (TPSA) is 53.8 Å². The van der Waals surface area contributed by atoms with Crippen LogP contribution in [0.1, 0.15) is 23.1 Å². The molecule has 136 valence electrons. The molecule has 5 rings (SSSR count). The number of fused-ring (bicyclic) bond motifs is 1. The van der Waals surface area contributed by atoms with Gasteiger partial charge in [-0.1, -0.05) is 78.9 Å². The normalized spacial score (nSPS) is 18.6. The Morgan fingerprint density at radius 2 is 1.39 bits per heavy atom. The predicted octanol–water partition coefficient (Wildman–Crippen LogP) is 4.37. The number of carbonyl (C=O) groups excluding carboxylic acids is 1. The number of rotatable bonds is 2. The second-order valence-electron chi connectivity index (χ2n) is 7.09. The van der Waals surface area contributed by atoms with Gasteiger partial charge in [0.2, 0.25) is 0 Å². The molecule has 2 aliphatic heterocycles. The van der Waals surface area contributed by atoms with Crippen LogP contribution in [0.3, 0.4) is 0 Å². The highest BCUT2D eigenvalue weighted by Crippen LogP contribution is 2.40. The fourth-order valence-electron chi connectivity index (χ4n) is 4.01. The molecule has 2 aliphatic rings. The van der Waals surface area contributed by atoms with Gasteiger partial charge in [0.25, 0.3) is 0 Å². The standard InChI is InChI=1S/C24H19N3O/c28-21-16-23(26-22-15-17-9-7-8-14-20(17)25-22)27-24(21,18-10-3-1-4-11-18)19-12-5-2-6-13-19/h1-14H,15-16H2,(H,25,26,27). The quantitative estimate of drug-likeness (QED) is 0.733. The van der Waals surface area contributed by atoms with Crippen molar-refractivity contribution in [2.45, 2.75) is 18.4 Å². The zero-order valence-corrected chi connectivity index (χ0v) is 15.3. The number of benzene rings is 3. The molecule has 0 aromatic heterocycles. The number of ketones is 1. The number of Topliss-reactive ketones (excluding diaryl/α,β-unsaturated/α-hetero) is 1. The Labute approximate surface area is 163 Å². The smallest absolute Gasteiger partial charge is 0.177 e. The molecular weight excluding hydrogens is 346 g/mol. The minimum atomic E-state index is -1.02. The molecule has 0 aliphatic carbocycles. The predicted molar refractivity (Wildman–Crippen MR) is 112 cm³/mol.